The van der Waals surface area contributed by atoms with Gasteiger partial charge in [0.25, 0.3) is 0 Å². The second-order valence-corrected chi connectivity index (χ2v) is 9.57. The lowest BCUT2D eigenvalue weighted by molar-refractivity contribution is -0.107. The van der Waals surface area contributed by atoms with Crippen molar-refractivity contribution in [1.82, 2.24) is 0 Å². The van der Waals surface area contributed by atoms with Gasteiger partial charge in [0.2, 0.25) is 0 Å². The van der Waals surface area contributed by atoms with E-state index in [4.69, 9.17) is 9.47 Å². The van der Waals surface area contributed by atoms with Crippen molar-refractivity contribution < 1.29 is 19.7 Å². The Morgan fingerprint density at radius 1 is 0.655 bits per heavy atom. The van der Waals surface area contributed by atoms with Crippen LogP contribution in [-0.2, 0) is 9.47 Å². The average Bonchev–Trinajstić information content (AvgIpc) is 3.38. The molecule has 0 amide bonds. The molecule has 172 valence electrons. The van der Waals surface area contributed by atoms with Gasteiger partial charge < -0.3 is 19.7 Å². The molecule has 2 aliphatic rings. The number of rotatable bonds is 16. The van der Waals surface area contributed by atoms with Crippen LogP contribution in [0.25, 0.3) is 0 Å². The first-order valence-corrected chi connectivity index (χ1v) is 12.8. The third-order valence-electron chi connectivity index (χ3n) is 6.91. The molecule has 0 bridgehead atoms. The molecule has 29 heavy (non-hydrogen) atoms. The highest BCUT2D eigenvalue weighted by Gasteiger charge is 2.40. The zero-order valence-corrected chi connectivity index (χ0v) is 19.2. The van der Waals surface area contributed by atoms with Gasteiger partial charge in [-0.15, -0.1) is 0 Å². The zero-order chi connectivity index (χ0) is 20.9. The van der Waals surface area contributed by atoms with Gasteiger partial charge in [-0.2, -0.15) is 0 Å². The smallest absolute Gasteiger partial charge is 0.0842 e. The van der Waals surface area contributed by atoms with Crippen molar-refractivity contribution >= 4 is 0 Å². The van der Waals surface area contributed by atoms with Crippen LogP contribution in [0.2, 0.25) is 0 Å². The maximum Gasteiger partial charge on any atom is 0.0842 e. The van der Waals surface area contributed by atoms with E-state index in [0.29, 0.717) is 0 Å². The van der Waals surface area contributed by atoms with E-state index in [1.54, 1.807) is 6.92 Å². The minimum absolute atomic E-state index is 0.0260. The van der Waals surface area contributed by atoms with E-state index in [0.717, 1.165) is 38.5 Å². The summed E-state index contributed by atoms with van der Waals surface area (Å²) < 4.78 is 12.1. The highest BCUT2D eigenvalue weighted by Crippen LogP contribution is 2.33. The van der Waals surface area contributed by atoms with Crippen LogP contribution in [0.1, 0.15) is 123 Å². The van der Waals surface area contributed by atoms with Gasteiger partial charge >= 0.3 is 0 Å². The monoisotopic (exact) mass is 412 g/mol. The van der Waals surface area contributed by atoms with Crippen molar-refractivity contribution in [3.05, 3.63) is 0 Å². The molecule has 2 N–H and O–H groups in total. The summed E-state index contributed by atoms with van der Waals surface area (Å²) in [6.07, 6.45) is 20.1. The Morgan fingerprint density at radius 2 is 1.10 bits per heavy atom. The van der Waals surface area contributed by atoms with Crippen LogP contribution < -0.4 is 0 Å². The van der Waals surface area contributed by atoms with Crippen LogP contribution in [0, 0.1) is 0 Å². The lowest BCUT2D eigenvalue weighted by Gasteiger charge is -2.23. The van der Waals surface area contributed by atoms with Gasteiger partial charge in [-0.05, 0) is 39.0 Å². The lowest BCUT2D eigenvalue weighted by atomic mass is 10.0. The van der Waals surface area contributed by atoms with Crippen molar-refractivity contribution in [2.24, 2.45) is 0 Å². The van der Waals surface area contributed by atoms with Gasteiger partial charge in [0.05, 0.1) is 36.6 Å². The molecular formula is C25H48O4. The highest BCUT2D eigenvalue weighted by atomic mass is 16.6. The fourth-order valence-corrected chi connectivity index (χ4v) is 4.94. The van der Waals surface area contributed by atoms with Crippen LogP contribution in [0.4, 0.5) is 0 Å². The molecule has 2 aliphatic heterocycles. The summed E-state index contributed by atoms with van der Waals surface area (Å²) in [5.41, 5.74) is 0. The Labute approximate surface area is 179 Å². The SMILES string of the molecule is CCCCCCCCCCCCCC[C@@H](O)[C@H]1CC[C@H]([C@H]2CC[C@H]([C@@H](C)O)O2)O1. The van der Waals surface area contributed by atoms with Gasteiger partial charge in [0.15, 0.2) is 0 Å². The molecule has 2 saturated heterocycles. The summed E-state index contributed by atoms with van der Waals surface area (Å²) in [5.74, 6) is 0. The summed E-state index contributed by atoms with van der Waals surface area (Å²) in [4.78, 5) is 0. The summed E-state index contributed by atoms with van der Waals surface area (Å²) in [7, 11) is 0. The fraction of sp³-hybridized carbons (Fsp3) is 1.00. The van der Waals surface area contributed by atoms with Crippen molar-refractivity contribution in [3.63, 3.8) is 0 Å². The fourth-order valence-electron chi connectivity index (χ4n) is 4.94. The Kier molecular flexibility index (Phi) is 12.8. The number of ether oxygens (including phenoxy) is 2. The van der Waals surface area contributed by atoms with E-state index in [-0.39, 0.29) is 30.5 Å². The van der Waals surface area contributed by atoms with Crippen LogP contribution in [0.15, 0.2) is 0 Å². The molecule has 0 saturated carbocycles. The molecule has 2 fully saturated rings. The molecule has 4 heteroatoms. The molecule has 2 rings (SSSR count). The van der Waals surface area contributed by atoms with E-state index in [1.807, 2.05) is 0 Å². The first kappa shape index (κ1) is 25.1. The molecular weight excluding hydrogens is 364 g/mol. The van der Waals surface area contributed by atoms with Crippen molar-refractivity contribution in [2.45, 2.75) is 160 Å². The third-order valence-corrected chi connectivity index (χ3v) is 6.91. The quantitative estimate of drug-likeness (QED) is 0.309. The number of aliphatic hydroxyl groups is 2. The molecule has 0 spiro atoms. The summed E-state index contributed by atoms with van der Waals surface area (Å²) >= 11 is 0. The number of aliphatic hydroxyl groups excluding tert-OH is 2. The Bertz CT molecular complexity index is 400. The Balaban J connectivity index is 1.43. The topological polar surface area (TPSA) is 58.9 Å². The standard InChI is InChI=1S/C25H48O4/c1-3-4-5-6-7-8-9-10-11-12-13-14-15-21(27)23-17-19-25(29-23)24-18-16-22(28-24)20(2)26/h20-27H,3-19H2,1-2H3/t20-,21-,22-,23-,24-,25-/m1/s1. The predicted molar refractivity (Wildman–Crippen MR) is 119 cm³/mol. The normalized spacial score (nSPS) is 29.4. The van der Waals surface area contributed by atoms with E-state index in [2.05, 4.69) is 6.92 Å². The minimum atomic E-state index is -0.409. The summed E-state index contributed by atoms with van der Waals surface area (Å²) in [6, 6.07) is 0. The maximum absolute atomic E-state index is 10.5. The molecule has 0 aromatic carbocycles. The predicted octanol–water partition coefficient (Wildman–Crippen LogP) is 5.91. The molecule has 0 unspecified atom stereocenters. The molecule has 0 radical (unpaired) electrons. The largest absolute Gasteiger partial charge is 0.391 e. The first-order chi connectivity index (χ1) is 14.1. The highest BCUT2D eigenvalue weighted by molar-refractivity contribution is 4.88. The van der Waals surface area contributed by atoms with Crippen LogP contribution in [0.5, 0.6) is 0 Å². The molecule has 2 heterocycles. The van der Waals surface area contributed by atoms with Crippen molar-refractivity contribution in [3.8, 4) is 0 Å². The second-order valence-electron chi connectivity index (χ2n) is 9.57. The summed E-state index contributed by atoms with van der Waals surface area (Å²) in [5, 5.41) is 20.2. The lowest BCUT2D eigenvalue weighted by Crippen LogP contribution is -2.32. The number of hydrogen-bond donors (Lipinski definition) is 2. The number of hydrogen-bond acceptors (Lipinski definition) is 4. The minimum Gasteiger partial charge on any atom is -0.391 e. The third kappa shape index (κ3) is 9.67. The Hall–Kier alpha value is -0.160. The average molecular weight is 413 g/mol. The molecule has 4 nitrogen and oxygen atoms in total. The van der Waals surface area contributed by atoms with Crippen LogP contribution in [0.3, 0.4) is 0 Å². The van der Waals surface area contributed by atoms with E-state index in [9.17, 15) is 10.2 Å². The Morgan fingerprint density at radius 3 is 1.59 bits per heavy atom. The zero-order valence-electron chi connectivity index (χ0n) is 19.2. The van der Waals surface area contributed by atoms with E-state index >= 15 is 0 Å². The first-order valence-electron chi connectivity index (χ1n) is 12.8. The second kappa shape index (κ2) is 14.8. The number of unbranched alkanes of at least 4 members (excludes halogenated alkanes) is 11. The maximum atomic E-state index is 10.5. The van der Waals surface area contributed by atoms with E-state index < -0.39 is 6.10 Å². The van der Waals surface area contributed by atoms with Gasteiger partial charge in [-0.25, -0.2) is 0 Å². The van der Waals surface area contributed by atoms with Crippen molar-refractivity contribution in [1.29, 1.82) is 0 Å². The summed E-state index contributed by atoms with van der Waals surface area (Å²) in [6.45, 7) is 4.07. The molecule has 0 aliphatic carbocycles. The molecule has 6 atom stereocenters. The molecule has 0 aromatic heterocycles. The van der Waals surface area contributed by atoms with Gasteiger partial charge in [-0.1, -0.05) is 84.0 Å². The van der Waals surface area contributed by atoms with Gasteiger partial charge in [-0.3, -0.25) is 0 Å². The van der Waals surface area contributed by atoms with Crippen LogP contribution in [-0.4, -0.2) is 46.8 Å². The van der Waals surface area contributed by atoms with Gasteiger partial charge in [0, 0.05) is 0 Å². The molecule has 0 aromatic rings. The van der Waals surface area contributed by atoms with Gasteiger partial charge in [0.1, 0.15) is 0 Å². The van der Waals surface area contributed by atoms with E-state index in [1.165, 1.54) is 70.6 Å². The van der Waals surface area contributed by atoms with Crippen LogP contribution >= 0.6 is 0 Å². The van der Waals surface area contributed by atoms with Crippen molar-refractivity contribution in [2.75, 3.05) is 0 Å².